The summed E-state index contributed by atoms with van der Waals surface area (Å²) in [5.74, 6) is 1.42. The van der Waals surface area contributed by atoms with Crippen LogP contribution in [-0.2, 0) is 11.3 Å². The Balaban J connectivity index is 2.06. The summed E-state index contributed by atoms with van der Waals surface area (Å²) < 4.78 is 10.7. The summed E-state index contributed by atoms with van der Waals surface area (Å²) in [6, 6.07) is 13.7. The third-order valence-corrected chi connectivity index (χ3v) is 4.24. The summed E-state index contributed by atoms with van der Waals surface area (Å²) in [5, 5.41) is 0. The number of likely N-dealkylation sites (N-methyl/N-ethyl adjacent to an activating group) is 2. The molecular formula is C20H26N2O3. The number of anilines is 1. The van der Waals surface area contributed by atoms with Crippen molar-refractivity contribution < 1.29 is 14.3 Å². The minimum atomic E-state index is 0.0561. The second-order valence-electron chi connectivity index (χ2n) is 6.08. The van der Waals surface area contributed by atoms with E-state index < -0.39 is 0 Å². The van der Waals surface area contributed by atoms with E-state index in [4.69, 9.17) is 9.47 Å². The molecule has 5 nitrogen and oxygen atoms in total. The van der Waals surface area contributed by atoms with Crippen LogP contribution < -0.4 is 14.4 Å². The highest BCUT2D eigenvalue weighted by atomic mass is 16.5. The molecule has 0 saturated carbocycles. The number of methoxy groups -OCH3 is 2. The predicted octanol–water partition coefficient (Wildman–Crippen LogP) is 3.11. The smallest absolute Gasteiger partial charge is 0.242 e. The van der Waals surface area contributed by atoms with Crippen LogP contribution in [-0.4, -0.2) is 45.7 Å². The van der Waals surface area contributed by atoms with Crippen molar-refractivity contribution in [3.8, 4) is 11.5 Å². The van der Waals surface area contributed by atoms with Gasteiger partial charge in [0.05, 0.1) is 20.8 Å². The van der Waals surface area contributed by atoms with E-state index in [1.165, 1.54) is 0 Å². The summed E-state index contributed by atoms with van der Waals surface area (Å²) in [6.07, 6.45) is 0. The fourth-order valence-electron chi connectivity index (χ4n) is 2.63. The van der Waals surface area contributed by atoms with Gasteiger partial charge < -0.3 is 19.3 Å². The van der Waals surface area contributed by atoms with Crippen molar-refractivity contribution in [2.45, 2.75) is 13.5 Å². The van der Waals surface area contributed by atoms with E-state index in [0.717, 1.165) is 16.8 Å². The van der Waals surface area contributed by atoms with E-state index in [-0.39, 0.29) is 5.91 Å². The van der Waals surface area contributed by atoms with Crippen molar-refractivity contribution in [2.75, 3.05) is 39.8 Å². The molecule has 5 heteroatoms. The number of amides is 1. The largest absolute Gasteiger partial charge is 0.493 e. The second kappa shape index (κ2) is 8.42. The monoisotopic (exact) mass is 342 g/mol. The molecule has 0 aromatic heterocycles. The van der Waals surface area contributed by atoms with Gasteiger partial charge in [0.2, 0.25) is 5.91 Å². The van der Waals surface area contributed by atoms with Crippen molar-refractivity contribution >= 4 is 11.6 Å². The summed E-state index contributed by atoms with van der Waals surface area (Å²) in [7, 11) is 6.97. The number of hydrogen-bond acceptors (Lipinski definition) is 4. The van der Waals surface area contributed by atoms with Crippen LogP contribution in [0.25, 0.3) is 0 Å². The van der Waals surface area contributed by atoms with Crippen LogP contribution in [0, 0.1) is 6.92 Å². The zero-order chi connectivity index (χ0) is 18.4. The van der Waals surface area contributed by atoms with Crippen LogP contribution >= 0.6 is 0 Å². The Morgan fingerprint density at radius 1 is 1.00 bits per heavy atom. The molecule has 0 N–H and O–H groups in total. The van der Waals surface area contributed by atoms with Crippen molar-refractivity contribution in [3.05, 3.63) is 53.6 Å². The van der Waals surface area contributed by atoms with Crippen molar-refractivity contribution in [3.63, 3.8) is 0 Å². The lowest BCUT2D eigenvalue weighted by Gasteiger charge is -2.24. The van der Waals surface area contributed by atoms with Crippen LogP contribution in [0.4, 0.5) is 5.69 Å². The molecular weight excluding hydrogens is 316 g/mol. The van der Waals surface area contributed by atoms with Gasteiger partial charge in [0.1, 0.15) is 0 Å². The number of nitrogens with zero attached hydrogens (tertiary/aromatic N) is 2. The molecule has 2 aromatic carbocycles. The van der Waals surface area contributed by atoms with E-state index in [1.807, 2.05) is 68.4 Å². The van der Waals surface area contributed by atoms with E-state index in [1.54, 1.807) is 19.1 Å². The zero-order valence-electron chi connectivity index (χ0n) is 15.6. The minimum absolute atomic E-state index is 0.0561. The molecule has 0 unspecified atom stereocenters. The minimum Gasteiger partial charge on any atom is -0.493 e. The molecule has 0 atom stereocenters. The van der Waals surface area contributed by atoms with E-state index in [0.29, 0.717) is 24.6 Å². The fraction of sp³-hybridized carbons (Fsp3) is 0.350. The zero-order valence-corrected chi connectivity index (χ0v) is 15.6. The maximum absolute atomic E-state index is 12.5. The quantitative estimate of drug-likeness (QED) is 0.775. The summed E-state index contributed by atoms with van der Waals surface area (Å²) >= 11 is 0. The summed E-state index contributed by atoms with van der Waals surface area (Å²) in [4.78, 5) is 16.2. The molecule has 25 heavy (non-hydrogen) atoms. The van der Waals surface area contributed by atoms with Crippen LogP contribution in [0.2, 0.25) is 0 Å². The van der Waals surface area contributed by atoms with Gasteiger partial charge in [-0.15, -0.1) is 0 Å². The maximum Gasteiger partial charge on any atom is 0.242 e. The molecule has 2 rings (SSSR count). The first kappa shape index (κ1) is 18.6. The molecule has 0 radical (unpaired) electrons. The lowest BCUT2D eigenvalue weighted by molar-refractivity contribution is -0.128. The van der Waals surface area contributed by atoms with Crippen LogP contribution in [0.3, 0.4) is 0 Å². The molecule has 0 fully saturated rings. The molecule has 0 heterocycles. The van der Waals surface area contributed by atoms with Crippen LogP contribution in [0.1, 0.15) is 11.1 Å². The Morgan fingerprint density at radius 2 is 1.60 bits per heavy atom. The van der Waals surface area contributed by atoms with E-state index in [9.17, 15) is 4.79 Å². The number of hydrogen-bond donors (Lipinski definition) is 0. The Labute approximate surface area is 149 Å². The van der Waals surface area contributed by atoms with Gasteiger partial charge in [-0.1, -0.05) is 18.2 Å². The number of aryl methyl sites for hydroxylation is 1. The fourth-order valence-corrected chi connectivity index (χ4v) is 2.63. The number of para-hydroxylation sites is 1. The molecule has 2 aromatic rings. The van der Waals surface area contributed by atoms with Gasteiger partial charge >= 0.3 is 0 Å². The first-order valence-corrected chi connectivity index (χ1v) is 8.18. The normalized spacial score (nSPS) is 10.3. The van der Waals surface area contributed by atoms with E-state index in [2.05, 4.69) is 0 Å². The molecule has 0 saturated heterocycles. The average Bonchev–Trinajstić information content (AvgIpc) is 2.63. The summed E-state index contributed by atoms with van der Waals surface area (Å²) in [6.45, 7) is 2.85. The van der Waals surface area contributed by atoms with Crippen molar-refractivity contribution in [1.29, 1.82) is 0 Å². The third-order valence-electron chi connectivity index (χ3n) is 4.24. The standard InChI is InChI=1S/C20H26N2O3/c1-15-11-18(24-4)19(25-5)12-16(15)13-22(3)20(23)14-21(2)17-9-7-6-8-10-17/h6-12H,13-14H2,1-5H3. The number of ether oxygens (including phenoxy) is 2. The molecule has 0 aliphatic carbocycles. The number of rotatable bonds is 7. The SMILES string of the molecule is COc1cc(C)c(CN(C)C(=O)CN(C)c2ccccc2)cc1OC. The Morgan fingerprint density at radius 3 is 2.20 bits per heavy atom. The predicted molar refractivity (Wildman–Crippen MR) is 100 cm³/mol. The van der Waals surface area contributed by atoms with Crippen LogP contribution in [0.15, 0.2) is 42.5 Å². The van der Waals surface area contributed by atoms with Gasteiger partial charge in [-0.05, 0) is 42.3 Å². The van der Waals surface area contributed by atoms with Crippen LogP contribution in [0.5, 0.6) is 11.5 Å². The van der Waals surface area contributed by atoms with E-state index >= 15 is 0 Å². The first-order chi connectivity index (χ1) is 12.0. The molecule has 134 valence electrons. The third kappa shape index (κ3) is 4.66. The van der Waals surface area contributed by atoms with Gasteiger partial charge in [-0.3, -0.25) is 4.79 Å². The summed E-state index contributed by atoms with van der Waals surface area (Å²) in [5.41, 5.74) is 3.12. The molecule has 0 aliphatic rings. The average molecular weight is 342 g/mol. The highest BCUT2D eigenvalue weighted by Crippen LogP contribution is 2.30. The number of carbonyl (C=O) groups is 1. The Bertz CT molecular complexity index is 716. The second-order valence-corrected chi connectivity index (χ2v) is 6.08. The lowest BCUT2D eigenvalue weighted by Crippen LogP contribution is -2.36. The van der Waals surface area contributed by atoms with Gasteiger partial charge in [0.15, 0.2) is 11.5 Å². The molecule has 0 bridgehead atoms. The number of carbonyl (C=O) groups excluding carboxylic acids is 1. The maximum atomic E-state index is 12.5. The lowest BCUT2D eigenvalue weighted by atomic mass is 10.1. The first-order valence-electron chi connectivity index (χ1n) is 8.18. The Hall–Kier alpha value is -2.69. The van der Waals surface area contributed by atoms with Crippen molar-refractivity contribution in [1.82, 2.24) is 4.90 Å². The van der Waals surface area contributed by atoms with Crippen molar-refractivity contribution in [2.24, 2.45) is 0 Å². The molecule has 0 spiro atoms. The molecule has 1 amide bonds. The Kier molecular flexibility index (Phi) is 6.28. The highest BCUT2D eigenvalue weighted by Gasteiger charge is 2.15. The van der Waals surface area contributed by atoms with Gasteiger partial charge in [-0.2, -0.15) is 0 Å². The van der Waals surface area contributed by atoms with Gasteiger partial charge in [0.25, 0.3) is 0 Å². The number of benzene rings is 2. The molecule has 0 aliphatic heterocycles. The topological polar surface area (TPSA) is 42.0 Å². The van der Waals surface area contributed by atoms with Gasteiger partial charge in [0, 0.05) is 26.3 Å². The highest BCUT2D eigenvalue weighted by molar-refractivity contribution is 5.81. The van der Waals surface area contributed by atoms with Gasteiger partial charge in [-0.25, -0.2) is 0 Å².